The first-order valence-electron chi connectivity index (χ1n) is 10.2. The third-order valence-electron chi connectivity index (χ3n) is 3.36. The summed E-state index contributed by atoms with van der Waals surface area (Å²) >= 11 is 1.14. The molecule has 8 heteroatoms. The molecule has 0 saturated carbocycles. The van der Waals surface area contributed by atoms with Crippen LogP contribution in [-0.4, -0.2) is 72.4 Å². The molecule has 0 aromatic carbocycles. The van der Waals surface area contributed by atoms with Crippen LogP contribution in [0, 0.1) is 0 Å². The van der Waals surface area contributed by atoms with Crippen LogP contribution < -0.4 is 0 Å². The predicted octanol–water partition coefficient (Wildman–Crippen LogP) is 4.34. The van der Waals surface area contributed by atoms with E-state index in [0.29, 0.717) is 13.0 Å². The van der Waals surface area contributed by atoms with Crippen molar-refractivity contribution in [3.63, 3.8) is 0 Å². The van der Waals surface area contributed by atoms with E-state index in [1.165, 1.54) is 44.9 Å². The molecular weight excluding hydrogens is 367 g/mol. The van der Waals surface area contributed by atoms with Crippen LogP contribution in [0.3, 0.4) is 0 Å². The van der Waals surface area contributed by atoms with Gasteiger partial charge in [-0.15, -0.1) is 0 Å². The molecule has 0 radical (unpaired) electrons. The zero-order chi connectivity index (χ0) is 20.5. The van der Waals surface area contributed by atoms with Gasteiger partial charge in [0.05, 0.1) is 6.61 Å². The Morgan fingerprint density at radius 1 is 0.808 bits per heavy atom. The van der Waals surface area contributed by atoms with E-state index in [2.05, 4.69) is 11.1 Å². The van der Waals surface area contributed by atoms with Crippen molar-refractivity contribution in [2.75, 3.05) is 26.4 Å². The molecule has 0 amide bonds. The molecule has 156 valence electrons. The minimum absolute atomic E-state index is 0.0926. The summed E-state index contributed by atoms with van der Waals surface area (Å²) in [4.78, 5) is 0. The zero-order valence-electron chi connectivity index (χ0n) is 17.5. The van der Waals surface area contributed by atoms with E-state index in [9.17, 15) is 8.42 Å². The number of hydrogen-bond acceptors (Lipinski definition) is 5. The van der Waals surface area contributed by atoms with Crippen molar-refractivity contribution in [3.05, 3.63) is 0 Å². The zero-order valence-corrected chi connectivity index (χ0v) is 20.4. The van der Waals surface area contributed by atoms with Gasteiger partial charge in [0.15, 0.2) is 0 Å². The Morgan fingerprint density at radius 2 is 1.19 bits per heavy atom. The molecule has 0 saturated heterocycles. The van der Waals surface area contributed by atoms with Crippen LogP contribution in [0.5, 0.6) is 0 Å². The Bertz CT molecular complexity index is 322. The third-order valence-corrected chi connectivity index (χ3v) is 4.27. The normalized spacial score (nSPS) is 10.6. The summed E-state index contributed by atoms with van der Waals surface area (Å²) in [7, 11) is -4.23. The molecule has 26 heavy (non-hydrogen) atoms. The summed E-state index contributed by atoms with van der Waals surface area (Å²) in [5.41, 5.74) is 0. The van der Waals surface area contributed by atoms with E-state index in [4.69, 9.17) is 14.4 Å². The molecule has 0 aliphatic carbocycles. The van der Waals surface area contributed by atoms with E-state index in [1.807, 2.05) is 13.8 Å². The Hall–Kier alpha value is 0.790. The third kappa shape index (κ3) is 44.3. The monoisotopic (exact) mass is 408 g/mol. The number of rotatable bonds is 15. The van der Waals surface area contributed by atoms with Gasteiger partial charge in [0.25, 0.3) is 0 Å². The van der Waals surface area contributed by atoms with Crippen molar-refractivity contribution < 1.29 is 27.0 Å². The Morgan fingerprint density at radius 3 is 1.46 bits per heavy atom. The van der Waals surface area contributed by atoms with E-state index >= 15 is 0 Å². The number of ether oxygens (including phenoxy) is 1. The van der Waals surface area contributed by atoms with Crippen LogP contribution in [0.25, 0.3) is 0 Å². The van der Waals surface area contributed by atoms with Gasteiger partial charge >= 0.3 is 53.7 Å². The number of hydrogen-bond donors (Lipinski definition) is 2. The van der Waals surface area contributed by atoms with Gasteiger partial charge in [0.1, 0.15) is 0 Å². The van der Waals surface area contributed by atoms with Crippen LogP contribution in [0.4, 0.5) is 0 Å². The van der Waals surface area contributed by atoms with Crippen LogP contribution in [0.1, 0.15) is 85.0 Å². The standard InChI is InChI=1S/C12H26O4S.C4H10O.C2H5O.Na/c1-2-3-4-5-6-7-8-9-10-11-12-16-17(13,14)15;1-3-5-4-2;1-2-3;/h2-12H2,1H3,(H,13,14,15);3-4H2,1-2H3;3H,1-2H2;. The average Bonchev–Trinajstić information content (AvgIpc) is 2.60. The van der Waals surface area contributed by atoms with Crippen LogP contribution in [0.15, 0.2) is 0 Å². The van der Waals surface area contributed by atoms with Gasteiger partial charge in [0.2, 0.25) is 0 Å². The molecule has 0 aliphatic rings. The first kappa shape index (κ1) is 31.5. The SMILES string of the molecule is CCCCCCCCCCCCOS(=O)(=O)O.CCOCC.OC[CH2][Na]. The Balaban J connectivity index is -0.000000484. The van der Waals surface area contributed by atoms with E-state index in [1.54, 1.807) is 0 Å². The van der Waals surface area contributed by atoms with Crippen molar-refractivity contribution in [2.45, 2.75) is 88.6 Å². The molecule has 0 fully saturated rings. The van der Waals surface area contributed by atoms with Gasteiger partial charge in [0, 0.05) is 13.2 Å². The summed E-state index contributed by atoms with van der Waals surface area (Å²) in [6, 6.07) is 0. The topological polar surface area (TPSA) is 93.1 Å². The van der Waals surface area contributed by atoms with Crippen LogP contribution >= 0.6 is 0 Å². The van der Waals surface area contributed by atoms with Gasteiger partial charge in [-0.3, -0.25) is 4.55 Å². The molecule has 0 atom stereocenters. The molecule has 0 aliphatic heterocycles. The fourth-order valence-corrected chi connectivity index (χ4v) is 2.29. The summed E-state index contributed by atoms with van der Waals surface area (Å²) in [5.74, 6) is 0. The molecule has 0 aromatic rings. The van der Waals surface area contributed by atoms with Crippen molar-refractivity contribution in [2.24, 2.45) is 0 Å². The van der Waals surface area contributed by atoms with Gasteiger partial charge in [-0.25, -0.2) is 4.18 Å². The number of unbranched alkanes of at least 4 members (excludes halogenated alkanes) is 9. The van der Waals surface area contributed by atoms with Crippen molar-refractivity contribution in [1.29, 1.82) is 0 Å². The number of aliphatic hydroxyl groups excluding tert-OH is 1. The Labute approximate surface area is 179 Å². The molecule has 0 unspecified atom stereocenters. The average molecular weight is 409 g/mol. The van der Waals surface area contributed by atoms with Crippen LogP contribution in [-0.2, 0) is 19.3 Å². The molecular formula is C18H41NaO6S. The fourth-order valence-electron chi connectivity index (χ4n) is 1.96. The summed E-state index contributed by atoms with van der Waals surface area (Å²) in [5, 5.41) is 7.91. The predicted molar refractivity (Wildman–Crippen MR) is 109 cm³/mol. The van der Waals surface area contributed by atoms with Gasteiger partial charge in [-0.2, -0.15) is 8.42 Å². The number of aliphatic hydroxyl groups is 1. The molecule has 0 rings (SSSR count). The minimum atomic E-state index is -4.23. The van der Waals surface area contributed by atoms with Crippen molar-refractivity contribution in [3.8, 4) is 0 Å². The summed E-state index contributed by atoms with van der Waals surface area (Å²) in [6.45, 7) is 8.36. The van der Waals surface area contributed by atoms with Crippen LogP contribution in [0.2, 0.25) is 3.67 Å². The maximum absolute atomic E-state index is 10.2. The van der Waals surface area contributed by atoms with E-state index in [-0.39, 0.29) is 6.61 Å². The second-order valence-electron chi connectivity index (χ2n) is 5.94. The second kappa shape index (κ2) is 28.0. The first-order valence-corrected chi connectivity index (χ1v) is 13.0. The van der Waals surface area contributed by atoms with Gasteiger partial charge in [-0.1, -0.05) is 64.7 Å². The molecule has 2 N–H and O–H groups in total. The molecule has 0 aromatic heterocycles. The molecule has 6 nitrogen and oxygen atoms in total. The molecule has 0 heterocycles. The summed E-state index contributed by atoms with van der Waals surface area (Å²) in [6.07, 6.45) is 11.9. The van der Waals surface area contributed by atoms with Crippen molar-refractivity contribution in [1.82, 2.24) is 0 Å². The fraction of sp³-hybridized carbons (Fsp3) is 1.00. The van der Waals surface area contributed by atoms with Gasteiger partial charge in [-0.05, 0) is 20.3 Å². The van der Waals surface area contributed by atoms with Crippen molar-refractivity contribution >= 4 is 38.3 Å². The quantitative estimate of drug-likeness (QED) is 0.238. The Kier molecular flexibility index (Phi) is 33.9. The van der Waals surface area contributed by atoms with E-state index < -0.39 is 10.4 Å². The van der Waals surface area contributed by atoms with E-state index in [0.717, 1.165) is 57.7 Å². The second-order valence-corrected chi connectivity index (χ2v) is 8.03. The molecule has 0 spiro atoms. The van der Waals surface area contributed by atoms with Gasteiger partial charge < -0.3 is 4.74 Å². The maximum atomic E-state index is 10.2. The first-order chi connectivity index (χ1) is 12.4. The summed E-state index contributed by atoms with van der Waals surface area (Å²) < 4.78 is 38.8. The molecule has 0 bridgehead atoms.